The minimum Gasteiger partial charge on any atom is -0.393 e. The molecule has 3 aromatic rings. The standard InChI is InChI=1S/C17H18N4O/c1-10-6-15(18-9-12-8-17(12)22)13-3-2-11(7-16(13)20-10)14-4-5-19-21-14/h2-7,12,17,22H,8-9H2,1H3,(H,18,20)(H,19,21). The maximum Gasteiger partial charge on any atom is 0.0732 e. The number of aromatic amines is 1. The molecule has 2 unspecified atom stereocenters. The highest BCUT2D eigenvalue weighted by atomic mass is 16.3. The molecular weight excluding hydrogens is 276 g/mol. The van der Waals surface area contributed by atoms with Crippen molar-refractivity contribution in [2.75, 3.05) is 11.9 Å². The second-order valence-corrected chi connectivity index (χ2v) is 5.96. The number of benzene rings is 1. The first-order valence-electron chi connectivity index (χ1n) is 7.54. The summed E-state index contributed by atoms with van der Waals surface area (Å²) < 4.78 is 0. The van der Waals surface area contributed by atoms with Gasteiger partial charge in [-0.1, -0.05) is 12.1 Å². The van der Waals surface area contributed by atoms with Crippen LogP contribution in [0.2, 0.25) is 0 Å². The Morgan fingerprint density at radius 1 is 1.32 bits per heavy atom. The molecule has 1 aliphatic carbocycles. The van der Waals surface area contributed by atoms with Crippen molar-refractivity contribution in [1.29, 1.82) is 0 Å². The van der Waals surface area contributed by atoms with Crippen LogP contribution in [0.4, 0.5) is 5.69 Å². The van der Waals surface area contributed by atoms with Crippen molar-refractivity contribution in [2.24, 2.45) is 5.92 Å². The molecule has 0 bridgehead atoms. The van der Waals surface area contributed by atoms with Crippen molar-refractivity contribution in [3.05, 3.63) is 42.2 Å². The number of H-pyrrole nitrogens is 1. The van der Waals surface area contributed by atoms with Crippen LogP contribution >= 0.6 is 0 Å². The predicted molar refractivity (Wildman–Crippen MR) is 86.7 cm³/mol. The van der Waals surface area contributed by atoms with E-state index in [1.54, 1.807) is 6.20 Å². The highest BCUT2D eigenvalue weighted by Gasteiger charge is 2.34. The van der Waals surface area contributed by atoms with Gasteiger partial charge in [0.25, 0.3) is 0 Å². The number of anilines is 1. The lowest BCUT2D eigenvalue weighted by Crippen LogP contribution is -2.07. The number of nitrogens with one attached hydrogen (secondary N) is 2. The van der Waals surface area contributed by atoms with E-state index in [2.05, 4.69) is 44.8 Å². The molecule has 0 amide bonds. The quantitative estimate of drug-likeness (QED) is 0.691. The number of hydrogen-bond donors (Lipinski definition) is 3. The number of fused-ring (bicyclic) bond motifs is 1. The van der Waals surface area contributed by atoms with E-state index in [-0.39, 0.29) is 6.10 Å². The maximum atomic E-state index is 9.45. The molecule has 2 heterocycles. The average Bonchev–Trinajstić information content (AvgIpc) is 3.00. The fourth-order valence-electron chi connectivity index (χ4n) is 2.78. The van der Waals surface area contributed by atoms with Crippen LogP contribution in [0.3, 0.4) is 0 Å². The molecule has 112 valence electrons. The lowest BCUT2D eigenvalue weighted by Gasteiger charge is -2.11. The van der Waals surface area contributed by atoms with Crippen LogP contribution in [0.25, 0.3) is 22.2 Å². The zero-order valence-electron chi connectivity index (χ0n) is 12.4. The summed E-state index contributed by atoms with van der Waals surface area (Å²) in [5, 5.41) is 21.0. The van der Waals surface area contributed by atoms with Gasteiger partial charge >= 0.3 is 0 Å². The highest BCUT2D eigenvalue weighted by Crippen LogP contribution is 2.32. The Bertz CT molecular complexity index is 813. The summed E-state index contributed by atoms with van der Waals surface area (Å²) in [6.45, 7) is 2.81. The fraction of sp³-hybridized carbons (Fsp3) is 0.294. The van der Waals surface area contributed by atoms with E-state index in [9.17, 15) is 5.11 Å². The summed E-state index contributed by atoms with van der Waals surface area (Å²) in [6.07, 6.45) is 2.52. The molecule has 1 fully saturated rings. The minimum atomic E-state index is -0.131. The number of hydrogen-bond acceptors (Lipinski definition) is 4. The molecule has 3 N–H and O–H groups in total. The summed E-state index contributed by atoms with van der Waals surface area (Å²) in [4.78, 5) is 4.64. The van der Waals surface area contributed by atoms with Crippen molar-refractivity contribution in [3.8, 4) is 11.3 Å². The largest absolute Gasteiger partial charge is 0.393 e. The SMILES string of the molecule is Cc1cc(NCC2CC2O)c2ccc(-c3ccn[nH]3)cc2n1. The van der Waals surface area contributed by atoms with Crippen LogP contribution in [0, 0.1) is 12.8 Å². The molecule has 2 atom stereocenters. The van der Waals surface area contributed by atoms with Gasteiger partial charge in [-0.2, -0.15) is 5.10 Å². The van der Waals surface area contributed by atoms with E-state index >= 15 is 0 Å². The van der Waals surface area contributed by atoms with Crippen molar-refractivity contribution >= 4 is 16.6 Å². The Labute approximate surface area is 128 Å². The highest BCUT2D eigenvalue weighted by molar-refractivity contribution is 5.93. The van der Waals surface area contributed by atoms with Crippen LogP contribution in [0.15, 0.2) is 36.5 Å². The van der Waals surface area contributed by atoms with Gasteiger partial charge in [0.15, 0.2) is 0 Å². The van der Waals surface area contributed by atoms with E-state index in [0.29, 0.717) is 5.92 Å². The molecule has 0 spiro atoms. The molecule has 0 saturated heterocycles. The summed E-state index contributed by atoms with van der Waals surface area (Å²) in [5.41, 5.74) is 5.09. The molecule has 1 aliphatic rings. The van der Waals surface area contributed by atoms with E-state index in [4.69, 9.17) is 0 Å². The van der Waals surface area contributed by atoms with E-state index < -0.39 is 0 Å². The maximum absolute atomic E-state index is 9.45. The van der Waals surface area contributed by atoms with Crippen LogP contribution in [0.5, 0.6) is 0 Å². The van der Waals surface area contributed by atoms with Gasteiger partial charge in [-0.25, -0.2) is 0 Å². The topological polar surface area (TPSA) is 73.8 Å². The predicted octanol–water partition coefficient (Wildman–Crippen LogP) is 2.73. The molecule has 0 aliphatic heterocycles. The van der Waals surface area contributed by atoms with E-state index in [1.165, 1.54) is 0 Å². The van der Waals surface area contributed by atoms with E-state index in [1.807, 2.05) is 13.0 Å². The third-order valence-electron chi connectivity index (χ3n) is 4.19. The lowest BCUT2D eigenvalue weighted by atomic mass is 10.1. The second kappa shape index (κ2) is 5.10. The summed E-state index contributed by atoms with van der Waals surface area (Å²) >= 11 is 0. The first kappa shape index (κ1) is 13.3. The first-order chi connectivity index (χ1) is 10.7. The summed E-state index contributed by atoms with van der Waals surface area (Å²) in [7, 11) is 0. The molecule has 2 aromatic heterocycles. The van der Waals surface area contributed by atoms with Crippen molar-refractivity contribution in [3.63, 3.8) is 0 Å². The van der Waals surface area contributed by atoms with Crippen molar-refractivity contribution in [1.82, 2.24) is 15.2 Å². The normalized spacial score (nSPS) is 20.3. The molecule has 5 heteroatoms. The number of rotatable bonds is 4. The van der Waals surface area contributed by atoms with Gasteiger partial charge in [0, 0.05) is 41.0 Å². The third kappa shape index (κ3) is 2.44. The number of pyridine rings is 1. The summed E-state index contributed by atoms with van der Waals surface area (Å²) in [5.74, 6) is 0.382. The Kier molecular flexibility index (Phi) is 3.08. The van der Waals surface area contributed by atoms with Crippen molar-refractivity contribution in [2.45, 2.75) is 19.4 Å². The zero-order valence-corrected chi connectivity index (χ0v) is 12.4. The zero-order chi connectivity index (χ0) is 15.1. The Balaban J connectivity index is 1.71. The monoisotopic (exact) mass is 294 g/mol. The first-order valence-corrected chi connectivity index (χ1v) is 7.54. The number of aromatic nitrogens is 3. The third-order valence-corrected chi connectivity index (χ3v) is 4.19. The Morgan fingerprint density at radius 3 is 2.91 bits per heavy atom. The van der Waals surface area contributed by atoms with Gasteiger partial charge in [-0.3, -0.25) is 10.1 Å². The molecule has 0 radical (unpaired) electrons. The van der Waals surface area contributed by atoms with Crippen molar-refractivity contribution < 1.29 is 5.11 Å². The van der Waals surface area contributed by atoms with Gasteiger partial charge in [-0.05, 0) is 31.5 Å². The minimum absolute atomic E-state index is 0.131. The van der Waals surface area contributed by atoms with Crippen LogP contribution in [-0.2, 0) is 0 Å². The molecule has 1 aromatic carbocycles. The number of aryl methyl sites for hydroxylation is 1. The lowest BCUT2D eigenvalue weighted by molar-refractivity contribution is 0.262. The summed E-state index contributed by atoms with van der Waals surface area (Å²) in [6, 6.07) is 10.2. The molecule has 4 rings (SSSR count). The second-order valence-electron chi connectivity index (χ2n) is 5.96. The van der Waals surface area contributed by atoms with Crippen LogP contribution in [-0.4, -0.2) is 32.9 Å². The average molecular weight is 294 g/mol. The van der Waals surface area contributed by atoms with Gasteiger partial charge in [0.05, 0.1) is 17.3 Å². The van der Waals surface area contributed by atoms with Gasteiger partial charge in [0.1, 0.15) is 0 Å². The molecule has 1 saturated carbocycles. The molecule has 22 heavy (non-hydrogen) atoms. The van der Waals surface area contributed by atoms with Crippen LogP contribution in [0.1, 0.15) is 12.1 Å². The number of aliphatic hydroxyl groups excluding tert-OH is 1. The van der Waals surface area contributed by atoms with Gasteiger partial charge in [0.2, 0.25) is 0 Å². The Morgan fingerprint density at radius 2 is 2.18 bits per heavy atom. The molecule has 5 nitrogen and oxygen atoms in total. The van der Waals surface area contributed by atoms with Gasteiger partial charge in [-0.15, -0.1) is 0 Å². The van der Waals surface area contributed by atoms with E-state index in [0.717, 1.165) is 46.5 Å². The van der Waals surface area contributed by atoms with Crippen LogP contribution < -0.4 is 5.32 Å². The fourth-order valence-corrected chi connectivity index (χ4v) is 2.78. The molecular formula is C17H18N4O. The smallest absolute Gasteiger partial charge is 0.0732 e. The van der Waals surface area contributed by atoms with Gasteiger partial charge < -0.3 is 10.4 Å². The number of nitrogens with zero attached hydrogens (tertiary/aromatic N) is 2. The Hall–Kier alpha value is -2.40. The number of aliphatic hydroxyl groups is 1.